The fourth-order valence-corrected chi connectivity index (χ4v) is 3.60. The van der Waals surface area contributed by atoms with Crippen molar-refractivity contribution in [3.05, 3.63) is 18.0 Å². The molecule has 20 heavy (non-hydrogen) atoms. The first-order chi connectivity index (χ1) is 9.20. The Bertz CT molecular complexity index is 547. The Kier molecular flexibility index (Phi) is 5.40. The Hall–Kier alpha value is -0.850. The fraction of sp³-hybridized carbons (Fsp3) is 0.714. The number of hydrogen-bond donors (Lipinski definition) is 1. The van der Waals surface area contributed by atoms with E-state index in [-0.39, 0.29) is 11.5 Å². The number of sulfonamides is 1. The smallest absolute Gasteiger partial charge is 0.244 e. The van der Waals surface area contributed by atoms with E-state index >= 15 is 0 Å². The van der Waals surface area contributed by atoms with Crippen molar-refractivity contribution in [1.29, 1.82) is 0 Å². The maximum absolute atomic E-state index is 12.7. The van der Waals surface area contributed by atoms with Crippen molar-refractivity contribution in [3.8, 4) is 0 Å². The standard InChI is InChI=1S/C14H26N2O3S/c1-6-8-16-10-13(9-12(16)11-17)20(18,19)15(5)14(3,4)7-2/h9-10,17H,6-8,11H2,1-5H3. The third-order valence-electron chi connectivity index (χ3n) is 3.96. The minimum Gasteiger partial charge on any atom is -0.390 e. The lowest BCUT2D eigenvalue weighted by molar-refractivity contribution is 0.257. The zero-order valence-corrected chi connectivity index (χ0v) is 13.9. The summed E-state index contributed by atoms with van der Waals surface area (Å²) in [5, 5.41) is 9.34. The van der Waals surface area contributed by atoms with Gasteiger partial charge in [-0.3, -0.25) is 0 Å². The molecule has 0 amide bonds. The van der Waals surface area contributed by atoms with Crippen LogP contribution in [-0.2, 0) is 23.2 Å². The van der Waals surface area contributed by atoms with Crippen molar-refractivity contribution in [3.63, 3.8) is 0 Å². The molecule has 0 saturated carbocycles. The van der Waals surface area contributed by atoms with E-state index in [2.05, 4.69) is 0 Å². The topological polar surface area (TPSA) is 62.5 Å². The summed E-state index contributed by atoms with van der Waals surface area (Å²) in [7, 11) is -1.93. The number of aliphatic hydroxyl groups is 1. The van der Waals surface area contributed by atoms with E-state index in [0.717, 1.165) is 12.8 Å². The molecule has 0 radical (unpaired) electrons. The molecule has 116 valence electrons. The van der Waals surface area contributed by atoms with Crippen LogP contribution in [0.2, 0.25) is 0 Å². The summed E-state index contributed by atoms with van der Waals surface area (Å²) in [6.45, 7) is 8.33. The van der Waals surface area contributed by atoms with Crippen molar-refractivity contribution in [1.82, 2.24) is 8.87 Å². The number of nitrogens with zero attached hydrogens (tertiary/aromatic N) is 2. The molecule has 0 aliphatic heterocycles. The van der Waals surface area contributed by atoms with Crippen molar-refractivity contribution in [2.45, 2.75) is 64.1 Å². The van der Waals surface area contributed by atoms with E-state index in [4.69, 9.17) is 0 Å². The predicted octanol–water partition coefficient (Wildman–Crippen LogP) is 2.20. The van der Waals surface area contributed by atoms with E-state index in [9.17, 15) is 13.5 Å². The van der Waals surface area contributed by atoms with E-state index in [1.807, 2.05) is 27.7 Å². The van der Waals surface area contributed by atoms with Gasteiger partial charge in [0.1, 0.15) is 4.90 Å². The number of aliphatic hydroxyl groups excluding tert-OH is 1. The van der Waals surface area contributed by atoms with E-state index in [1.165, 1.54) is 4.31 Å². The van der Waals surface area contributed by atoms with Gasteiger partial charge in [-0.15, -0.1) is 0 Å². The summed E-state index contributed by atoms with van der Waals surface area (Å²) in [4.78, 5) is 0.249. The maximum Gasteiger partial charge on any atom is 0.244 e. The molecular weight excluding hydrogens is 276 g/mol. The second-order valence-electron chi connectivity index (χ2n) is 5.66. The van der Waals surface area contributed by atoms with Crippen LogP contribution >= 0.6 is 0 Å². The molecule has 0 unspecified atom stereocenters. The Morgan fingerprint density at radius 3 is 2.40 bits per heavy atom. The highest BCUT2D eigenvalue weighted by Gasteiger charge is 2.33. The maximum atomic E-state index is 12.7. The highest BCUT2D eigenvalue weighted by Crippen LogP contribution is 2.26. The molecule has 1 heterocycles. The van der Waals surface area contributed by atoms with Crippen LogP contribution in [0.3, 0.4) is 0 Å². The molecule has 0 spiro atoms. The number of rotatable bonds is 7. The zero-order valence-electron chi connectivity index (χ0n) is 13.0. The van der Waals surface area contributed by atoms with Crippen molar-refractivity contribution >= 4 is 10.0 Å². The third-order valence-corrected chi connectivity index (χ3v) is 6.00. The molecular formula is C14H26N2O3S. The molecule has 1 aromatic rings. The van der Waals surface area contributed by atoms with Crippen LogP contribution in [0.25, 0.3) is 0 Å². The molecule has 5 nitrogen and oxygen atoms in total. The first kappa shape index (κ1) is 17.2. The largest absolute Gasteiger partial charge is 0.390 e. The van der Waals surface area contributed by atoms with Gasteiger partial charge in [-0.1, -0.05) is 13.8 Å². The Morgan fingerprint density at radius 2 is 1.95 bits per heavy atom. The van der Waals surface area contributed by atoms with Crippen LogP contribution in [0.4, 0.5) is 0 Å². The van der Waals surface area contributed by atoms with Crippen LogP contribution in [0.15, 0.2) is 17.2 Å². The summed E-state index contributed by atoms with van der Waals surface area (Å²) in [5.74, 6) is 0. The first-order valence-corrected chi connectivity index (χ1v) is 8.43. The van der Waals surface area contributed by atoms with Crippen LogP contribution in [0, 0.1) is 0 Å². The lowest BCUT2D eigenvalue weighted by atomic mass is 10.0. The normalized spacial score (nSPS) is 13.2. The van der Waals surface area contributed by atoms with Gasteiger partial charge in [0.25, 0.3) is 0 Å². The lowest BCUT2D eigenvalue weighted by Crippen LogP contribution is -2.44. The Labute approximate surface area is 122 Å². The number of aryl methyl sites for hydroxylation is 1. The highest BCUT2D eigenvalue weighted by atomic mass is 32.2. The predicted molar refractivity (Wildman–Crippen MR) is 80.0 cm³/mol. The summed E-state index contributed by atoms with van der Waals surface area (Å²) in [6, 6.07) is 1.56. The van der Waals surface area contributed by atoms with E-state index in [1.54, 1.807) is 23.9 Å². The van der Waals surface area contributed by atoms with Gasteiger partial charge in [0.15, 0.2) is 0 Å². The van der Waals surface area contributed by atoms with Gasteiger partial charge < -0.3 is 9.67 Å². The molecule has 0 saturated heterocycles. The van der Waals surface area contributed by atoms with Gasteiger partial charge in [0, 0.05) is 31.0 Å². The first-order valence-electron chi connectivity index (χ1n) is 6.99. The summed E-state index contributed by atoms with van der Waals surface area (Å²) in [6.07, 6.45) is 3.23. The van der Waals surface area contributed by atoms with Crippen LogP contribution in [-0.4, -0.2) is 35.0 Å². The SMILES string of the molecule is CCCn1cc(S(=O)(=O)N(C)C(C)(C)CC)cc1CO. The lowest BCUT2D eigenvalue weighted by Gasteiger charge is -2.33. The van der Waals surface area contributed by atoms with Gasteiger partial charge in [0.2, 0.25) is 10.0 Å². The van der Waals surface area contributed by atoms with Crippen LogP contribution in [0.1, 0.15) is 46.2 Å². The second-order valence-corrected chi connectivity index (χ2v) is 7.63. The molecule has 0 atom stereocenters. The fourth-order valence-electron chi connectivity index (χ4n) is 1.95. The van der Waals surface area contributed by atoms with Crippen LogP contribution < -0.4 is 0 Å². The Balaban J connectivity index is 3.22. The van der Waals surface area contributed by atoms with Crippen molar-refractivity contribution < 1.29 is 13.5 Å². The minimum absolute atomic E-state index is 0.156. The molecule has 1 N–H and O–H groups in total. The van der Waals surface area contributed by atoms with Gasteiger partial charge in [0.05, 0.1) is 6.61 Å². The third kappa shape index (κ3) is 3.24. The molecule has 0 aliphatic rings. The quantitative estimate of drug-likeness (QED) is 0.840. The molecule has 0 fully saturated rings. The second kappa shape index (κ2) is 6.28. The molecule has 0 aromatic carbocycles. The van der Waals surface area contributed by atoms with Crippen molar-refractivity contribution in [2.24, 2.45) is 0 Å². The van der Waals surface area contributed by atoms with Crippen molar-refractivity contribution in [2.75, 3.05) is 7.05 Å². The average molecular weight is 302 g/mol. The van der Waals surface area contributed by atoms with Gasteiger partial charge >= 0.3 is 0 Å². The average Bonchev–Trinajstić information content (AvgIpc) is 2.82. The molecule has 0 aliphatic carbocycles. The van der Waals surface area contributed by atoms with Gasteiger partial charge in [-0.05, 0) is 32.8 Å². The van der Waals surface area contributed by atoms with Gasteiger partial charge in [-0.25, -0.2) is 8.42 Å². The van der Waals surface area contributed by atoms with E-state index < -0.39 is 15.6 Å². The number of hydrogen-bond acceptors (Lipinski definition) is 3. The summed E-state index contributed by atoms with van der Waals surface area (Å²) < 4.78 is 28.5. The zero-order chi connectivity index (χ0) is 15.6. The number of aromatic nitrogens is 1. The molecule has 1 rings (SSSR count). The van der Waals surface area contributed by atoms with Gasteiger partial charge in [-0.2, -0.15) is 4.31 Å². The highest BCUT2D eigenvalue weighted by molar-refractivity contribution is 7.89. The Morgan fingerprint density at radius 1 is 1.35 bits per heavy atom. The molecule has 0 bridgehead atoms. The van der Waals surface area contributed by atoms with E-state index in [0.29, 0.717) is 12.2 Å². The summed E-state index contributed by atoms with van der Waals surface area (Å²) >= 11 is 0. The molecule has 6 heteroatoms. The summed E-state index contributed by atoms with van der Waals surface area (Å²) in [5.41, 5.74) is 0.193. The molecule has 1 aromatic heterocycles. The van der Waals surface area contributed by atoms with Crippen LogP contribution in [0.5, 0.6) is 0 Å². The monoisotopic (exact) mass is 302 g/mol. The minimum atomic E-state index is -3.54.